The number of benzene rings is 1. The number of carbonyl (C=O) groups excluding carboxylic acids is 2. The molecule has 0 aromatic heterocycles. The molecule has 13 nitrogen and oxygen atoms in total. The van der Waals surface area contributed by atoms with Crippen LogP contribution in [0.3, 0.4) is 0 Å². The third-order valence-electron chi connectivity index (χ3n) is 7.63. The van der Waals surface area contributed by atoms with Crippen molar-refractivity contribution in [2.45, 2.75) is 24.9 Å². The van der Waals surface area contributed by atoms with Crippen molar-refractivity contribution in [1.82, 2.24) is 23.9 Å². The highest BCUT2D eigenvalue weighted by atomic mass is 32.2. The van der Waals surface area contributed by atoms with E-state index in [0.717, 1.165) is 0 Å². The normalized spacial score (nSPS) is 23.4. The quantitative estimate of drug-likeness (QED) is 0.302. The molecule has 2 amide bonds. The first-order chi connectivity index (χ1) is 17.9. The van der Waals surface area contributed by atoms with E-state index in [1.807, 2.05) is 0 Å². The van der Waals surface area contributed by atoms with E-state index < -0.39 is 22.0 Å². The van der Waals surface area contributed by atoms with Crippen LogP contribution in [0.2, 0.25) is 0 Å². The van der Waals surface area contributed by atoms with Crippen LogP contribution >= 0.6 is 0 Å². The Labute approximate surface area is 222 Å². The number of hydrogen-bond donors (Lipinski definition) is 3. The fraction of sp³-hybridized carbons (Fsp3) is 0.583. The lowest BCUT2D eigenvalue weighted by Crippen LogP contribution is -2.57. The number of hydrogen-bond acceptors (Lipinski definition) is 7. The number of guanidine groups is 1. The van der Waals surface area contributed by atoms with E-state index in [-0.39, 0.29) is 35.8 Å². The molecular weight excluding hydrogens is 514 g/mol. The van der Waals surface area contributed by atoms with Gasteiger partial charge < -0.3 is 25.5 Å². The second kappa shape index (κ2) is 11.3. The van der Waals surface area contributed by atoms with Crippen LogP contribution in [-0.2, 0) is 21.2 Å². The molecular formula is C24H35N7O6S. The standard InChI is InChI=1S/C24H35N7O6S/c1-38(36,37)30-12-10-27(11-13-30)19-15-20(21(32)14-17-2-4-18(5-3-17)22(33)34)31(16-19)24(35)29-8-6-28(7-9-29)23(25)26/h2-5,19-20H,6-16H2,1H3,(H3,25,26)(H,33,34)/t19-,20-/m0/s1. The molecule has 3 heterocycles. The van der Waals surface area contributed by atoms with Gasteiger partial charge in [-0.15, -0.1) is 0 Å². The van der Waals surface area contributed by atoms with Gasteiger partial charge in [-0.2, -0.15) is 4.31 Å². The summed E-state index contributed by atoms with van der Waals surface area (Å²) < 4.78 is 25.3. The first-order valence-electron chi connectivity index (χ1n) is 12.6. The van der Waals surface area contributed by atoms with Gasteiger partial charge in [0.1, 0.15) is 0 Å². The van der Waals surface area contributed by atoms with Crippen molar-refractivity contribution < 1.29 is 27.9 Å². The molecule has 0 spiro atoms. The summed E-state index contributed by atoms with van der Waals surface area (Å²) in [5.74, 6) is -1.20. The second-order valence-corrected chi connectivity index (χ2v) is 12.0. The number of amides is 2. The maximum atomic E-state index is 13.6. The van der Waals surface area contributed by atoms with Crippen LogP contribution in [0.1, 0.15) is 22.3 Å². The molecule has 3 fully saturated rings. The van der Waals surface area contributed by atoms with Crippen molar-refractivity contribution in [3.63, 3.8) is 0 Å². The van der Waals surface area contributed by atoms with Gasteiger partial charge in [0.15, 0.2) is 11.7 Å². The third-order valence-corrected chi connectivity index (χ3v) is 8.93. The van der Waals surface area contributed by atoms with E-state index in [1.54, 1.807) is 26.8 Å². The van der Waals surface area contributed by atoms with Gasteiger partial charge in [0.2, 0.25) is 10.0 Å². The van der Waals surface area contributed by atoms with E-state index in [9.17, 15) is 22.8 Å². The Hall–Kier alpha value is -3.23. The van der Waals surface area contributed by atoms with Crippen LogP contribution in [0, 0.1) is 5.41 Å². The number of rotatable bonds is 6. The smallest absolute Gasteiger partial charge is 0.335 e. The predicted molar refractivity (Wildman–Crippen MR) is 139 cm³/mol. The van der Waals surface area contributed by atoms with E-state index >= 15 is 0 Å². The molecule has 4 rings (SSSR count). The van der Waals surface area contributed by atoms with Crippen molar-refractivity contribution in [2.75, 3.05) is 65.2 Å². The number of piperazine rings is 2. The minimum atomic E-state index is -3.27. The Morgan fingerprint density at radius 1 is 0.974 bits per heavy atom. The largest absolute Gasteiger partial charge is 0.478 e. The van der Waals surface area contributed by atoms with Gasteiger partial charge in [0, 0.05) is 71.4 Å². The van der Waals surface area contributed by atoms with Crippen LogP contribution < -0.4 is 5.73 Å². The Morgan fingerprint density at radius 3 is 2.08 bits per heavy atom. The van der Waals surface area contributed by atoms with Crippen LogP contribution in [0.4, 0.5) is 4.79 Å². The van der Waals surface area contributed by atoms with Crippen molar-refractivity contribution in [3.8, 4) is 0 Å². The molecule has 3 aliphatic rings. The molecule has 3 saturated heterocycles. The van der Waals surface area contributed by atoms with E-state index in [0.29, 0.717) is 70.9 Å². The minimum Gasteiger partial charge on any atom is -0.478 e. The number of nitrogens with two attached hydrogens (primary N) is 1. The van der Waals surface area contributed by atoms with Crippen molar-refractivity contribution >= 4 is 33.8 Å². The average molecular weight is 550 g/mol. The number of Topliss-reactive ketones (excluding diaryl/α,β-unsaturated/α-hetero) is 1. The lowest BCUT2D eigenvalue weighted by Gasteiger charge is -2.38. The lowest BCUT2D eigenvalue weighted by molar-refractivity contribution is -0.122. The summed E-state index contributed by atoms with van der Waals surface area (Å²) in [6.07, 6.45) is 1.72. The van der Waals surface area contributed by atoms with E-state index in [1.165, 1.54) is 22.7 Å². The molecule has 1 aromatic rings. The van der Waals surface area contributed by atoms with Gasteiger partial charge in [-0.1, -0.05) is 12.1 Å². The lowest BCUT2D eigenvalue weighted by atomic mass is 9.99. The monoisotopic (exact) mass is 549 g/mol. The molecule has 208 valence electrons. The first kappa shape index (κ1) is 27.8. The van der Waals surface area contributed by atoms with Gasteiger partial charge in [-0.3, -0.25) is 15.1 Å². The highest BCUT2D eigenvalue weighted by molar-refractivity contribution is 7.88. The molecule has 4 N–H and O–H groups in total. The number of likely N-dealkylation sites (tertiary alicyclic amines) is 1. The van der Waals surface area contributed by atoms with Gasteiger partial charge in [-0.05, 0) is 24.1 Å². The van der Waals surface area contributed by atoms with E-state index in [4.69, 9.17) is 16.2 Å². The topological polar surface area (TPSA) is 172 Å². The van der Waals surface area contributed by atoms with Gasteiger partial charge in [-0.25, -0.2) is 18.0 Å². The van der Waals surface area contributed by atoms with Crippen molar-refractivity contribution in [3.05, 3.63) is 35.4 Å². The summed E-state index contributed by atoms with van der Waals surface area (Å²) in [5.41, 5.74) is 6.39. The summed E-state index contributed by atoms with van der Waals surface area (Å²) in [6.45, 7) is 3.81. The van der Waals surface area contributed by atoms with Crippen LogP contribution in [-0.4, -0.2) is 138 Å². The maximum Gasteiger partial charge on any atom is 0.335 e. The van der Waals surface area contributed by atoms with Crippen LogP contribution in [0.15, 0.2) is 24.3 Å². The van der Waals surface area contributed by atoms with Crippen molar-refractivity contribution in [1.29, 1.82) is 5.41 Å². The number of nitrogens with zero attached hydrogens (tertiary/aromatic N) is 5. The maximum absolute atomic E-state index is 13.6. The number of carboxylic acid groups (broad SMARTS) is 1. The number of urea groups is 1. The van der Waals surface area contributed by atoms with Crippen molar-refractivity contribution in [2.24, 2.45) is 5.73 Å². The highest BCUT2D eigenvalue weighted by Crippen LogP contribution is 2.27. The number of carboxylic acids is 1. The molecule has 3 aliphatic heterocycles. The average Bonchev–Trinajstić information content (AvgIpc) is 3.34. The molecule has 38 heavy (non-hydrogen) atoms. The molecule has 0 radical (unpaired) electrons. The van der Waals surface area contributed by atoms with Gasteiger partial charge in [0.05, 0.1) is 17.9 Å². The molecule has 0 unspecified atom stereocenters. The third kappa shape index (κ3) is 6.25. The molecule has 0 aliphatic carbocycles. The van der Waals surface area contributed by atoms with Crippen LogP contribution in [0.5, 0.6) is 0 Å². The van der Waals surface area contributed by atoms with E-state index in [2.05, 4.69) is 4.90 Å². The zero-order valence-electron chi connectivity index (χ0n) is 21.5. The van der Waals surface area contributed by atoms with Crippen LogP contribution in [0.25, 0.3) is 0 Å². The number of carbonyl (C=O) groups is 3. The highest BCUT2D eigenvalue weighted by Gasteiger charge is 2.44. The number of nitrogens with one attached hydrogen (secondary N) is 1. The summed E-state index contributed by atoms with van der Waals surface area (Å²) in [6, 6.07) is 5.19. The molecule has 14 heteroatoms. The zero-order chi connectivity index (χ0) is 27.6. The summed E-state index contributed by atoms with van der Waals surface area (Å²) in [4.78, 5) is 45.4. The summed E-state index contributed by atoms with van der Waals surface area (Å²) in [7, 11) is -3.27. The first-order valence-corrected chi connectivity index (χ1v) is 14.5. The molecule has 0 saturated carbocycles. The second-order valence-electron chi connectivity index (χ2n) is 10.0. The fourth-order valence-corrected chi connectivity index (χ4v) is 6.23. The number of ketones is 1. The summed E-state index contributed by atoms with van der Waals surface area (Å²) in [5, 5.41) is 16.8. The predicted octanol–water partition coefficient (Wildman–Crippen LogP) is -0.852. The molecule has 1 aromatic carbocycles. The number of sulfonamides is 1. The molecule has 2 atom stereocenters. The Kier molecular flexibility index (Phi) is 8.23. The van der Waals surface area contributed by atoms with Gasteiger partial charge in [0.25, 0.3) is 0 Å². The SMILES string of the molecule is CS(=O)(=O)N1CCN([C@H]2C[C@@H](C(=O)Cc3ccc(C(=O)O)cc3)N(C(=O)N3CCN(C(=N)N)CC3)C2)CC1. The zero-order valence-corrected chi connectivity index (χ0v) is 22.3. The van der Waals surface area contributed by atoms with Gasteiger partial charge >= 0.3 is 12.0 Å². The Morgan fingerprint density at radius 2 is 1.55 bits per heavy atom. The Bertz CT molecular complexity index is 1180. The summed E-state index contributed by atoms with van der Waals surface area (Å²) >= 11 is 0. The number of aromatic carboxylic acids is 1. The Balaban J connectivity index is 1.48. The fourth-order valence-electron chi connectivity index (χ4n) is 5.40. The molecule has 0 bridgehead atoms. The minimum absolute atomic E-state index is 0.0338.